The van der Waals surface area contributed by atoms with Crippen LogP contribution in [0.5, 0.6) is 0 Å². The Kier molecular flexibility index (Phi) is 3.39. The molecule has 1 aromatic carbocycles. The molecule has 2 aromatic heterocycles. The van der Waals surface area contributed by atoms with Crippen LogP contribution >= 0.6 is 22.9 Å². The number of nitrogens with one attached hydrogen (secondary N) is 1. The lowest BCUT2D eigenvalue weighted by atomic mass is 10.2. The number of hydrogen-bond donors (Lipinski definition) is 1. The summed E-state index contributed by atoms with van der Waals surface area (Å²) in [6.07, 6.45) is 1.75. The number of benzene rings is 1. The standard InChI is InChI=1S/C13H9ClN4S/c14-12-10-5-1-2-6-11(10)13(18-16-12)17-15-8-9-4-3-7-19-9/h1-8H,(H,17,18). The molecule has 0 saturated heterocycles. The Bertz CT molecular complexity index is 725. The van der Waals surface area contributed by atoms with E-state index in [4.69, 9.17) is 11.6 Å². The Morgan fingerprint density at radius 1 is 1.11 bits per heavy atom. The van der Waals surface area contributed by atoms with E-state index in [0.717, 1.165) is 15.6 Å². The van der Waals surface area contributed by atoms with Gasteiger partial charge in [0.05, 0.1) is 6.21 Å². The van der Waals surface area contributed by atoms with Crippen molar-refractivity contribution in [1.82, 2.24) is 10.2 Å². The minimum absolute atomic E-state index is 0.392. The summed E-state index contributed by atoms with van der Waals surface area (Å²) in [5, 5.41) is 16.2. The monoisotopic (exact) mass is 288 g/mol. The van der Waals surface area contributed by atoms with Gasteiger partial charge in [-0.05, 0) is 11.4 Å². The van der Waals surface area contributed by atoms with Crippen molar-refractivity contribution >= 4 is 45.7 Å². The van der Waals surface area contributed by atoms with E-state index in [2.05, 4.69) is 20.7 Å². The van der Waals surface area contributed by atoms with Crippen LogP contribution in [0, 0.1) is 0 Å². The van der Waals surface area contributed by atoms with Crippen molar-refractivity contribution in [3.63, 3.8) is 0 Å². The summed E-state index contributed by atoms with van der Waals surface area (Å²) >= 11 is 7.62. The highest BCUT2D eigenvalue weighted by Gasteiger charge is 2.05. The molecule has 0 radical (unpaired) electrons. The van der Waals surface area contributed by atoms with E-state index in [1.54, 1.807) is 17.6 Å². The molecule has 0 bridgehead atoms. The third-order valence-corrected chi connectivity index (χ3v) is 3.63. The van der Waals surface area contributed by atoms with E-state index in [0.29, 0.717) is 11.0 Å². The van der Waals surface area contributed by atoms with E-state index >= 15 is 0 Å². The van der Waals surface area contributed by atoms with Gasteiger partial charge in [-0.3, -0.25) is 5.43 Å². The molecule has 0 aliphatic heterocycles. The maximum Gasteiger partial charge on any atom is 0.176 e. The van der Waals surface area contributed by atoms with Gasteiger partial charge < -0.3 is 0 Å². The molecule has 2 heterocycles. The number of rotatable bonds is 3. The lowest BCUT2D eigenvalue weighted by Gasteiger charge is -2.04. The molecule has 0 aliphatic carbocycles. The molecular weight excluding hydrogens is 280 g/mol. The molecule has 0 saturated carbocycles. The zero-order valence-electron chi connectivity index (χ0n) is 9.75. The molecule has 19 heavy (non-hydrogen) atoms. The molecule has 0 fully saturated rings. The molecule has 0 unspecified atom stereocenters. The fourth-order valence-electron chi connectivity index (χ4n) is 1.68. The summed E-state index contributed by atoms with van der Waals surface area (Å²) in [4.78, 5) is 1.07. The molecule has 0 atom stereocenters. The van der Waals surface area contributed by atoms with Crippen LogP contribution in [0.15, 0.2) is 46.9 Å². The summed E-state index contributed by atoms with van der Waals surface area (Å²) in [5.74, 6) is 0.591. The van der Waals surface area contributed by atoms with Gasteiger partial charge in [0.15, 0.2) is 11.0 Å². The number of thiophene rings is 1. The largest absolute Gasteiger partial charge is 0.259 e. The summed E-state index contributed by atoms with van der Waals surface area (Å²) in [7, 11) is 0. The fourth-order valence-corrected chi connectivity index (χ4v) is 2.46. The van der Waals surface area contributed by atoms with Gasteiger partial charge >= 0.3 is 0 Å². The number of hydrazone groups is 1. The molecular formula is C13H9ClN4S. The maximum absolute atomic E-state index is 6.01. The van der Waals surface area contributed by atoms with Gasteiger partial charge in [0, 0.05) is 15.6 Å². The molecule has 0 spiro atoms. The fraction of sp³-hybridized carbons (Fsp3) is 0. The third-order valence-electron chi connectivity index (χ3n) is 2.55. The van der Waals surface area contributed by atoms with E-state index < -0.39 is 0 Å². The smallest absolute Gasteiger partial charge is 0.176 e. The van der Waals surface area contributed by atoms with Crippen LogP contribution in [0.1, 0.15) is 4.88 Å². The first-order valence-corrected chi connectivity index (χ1v) is 6.84. The lowest BCUT2D eigenvalue weighted by molar-refractivity contribution is 1.04. The van der Waals surface area contributed by atoms with Crippen molar-refractivity contribution in [2.45, 2.75) is 0 Å². The van der Waals surface area contributed by atoms with Crippen molar-refractivity contribution in [2.24, 2.45) is 5.10 Å². The number of aromatic nitrogens is 2. The van der Waals surface area contributed by atoms with Crippen molar-refractivity contribution in [3.05, 3.63) is 51.8 Å². The van der Waals surface area contributed by atoms with Gasteiger partial charge in [-0.1, -0.05) is 41.9 Å². The normalized spacial score (nSPS) is 11.2. The second-order valence-electron chi connectivity index (χ2n) is 3.77. The van der Waals surface area contributed by atoms with Gasteiger partial charge in [0.2, 0.25) is 0 Å². The van der Waals surface area contributed by atoms with E-state index in [9.17, 15) is 0 Å². The Labute approximate surface area is 118 Å². The molecule has 0 amide bonds. The van der Waals surface area contributed by atoms with Crippen LogP contribution in [0.4, 0.5) is 5.82 Å². The first-order valence-electron chi connectivity index (χ1n) is 5.58. The number of halogens is 1. The Balaban J connectivity index is 1.91. The quantitative estimate of drug-likeness (QED) is 0.589. The van der Waals surface area contributed by atoms with Gasteiger partial charge in [-0.25, -0.2) is 0 Å². The van der Waals surface area contributed by atoms with Gasteiger partial charge in [-0.15, -0.1) is 21.5 Å². The van der Waals surface area contributed by atoms with Gasteiger partial charge in [0.1, 0.15) is 0 Å². The molecule has 0 aliphatic rings. The Morgan fingerprint density at radius 2 is 1.95 bits per heavy atom. The summed E-state index contributed by atoms with van der Waals surface area (Å²) in [6.45, 7) is 0. The number of hydrogen-bond acceptors (Lipinski definition) is 5. The van der Waals surface area contributed by atoms with Crippen LogP contribution in [0.3, 0.4) is 0 Å². The highest BCUT2D eigenvalue weighted by atomic mass is 35.5. The van der Waals surface area contributed by atoms with Crippen LogP contribution in [-0.2, 0) is 0 Å². The second-order valence-corrected chi connectivity index (χ2v) is 5.11. The number of anilines is 1. The average molecular weight is 289 g/mol. The minimum atomic E-state index is 0.392. The molecule has 1 N–H and O–H groups in total. The van der Waals surface area contributed by atoms with Crippen LogP contribution in [0.25, 0.3) is 10.8 Å². The van der Waals surface area contributed by atoms with Gasteiger partial charge in [0.25, 0.3) is 0 Å². The van der Waals surface area contributed by atoms with Crippen molar-refractivity contribution in [2.75, 3.05) is 5.43 Å². The SMILES string of the molecule is Clc1nnc(NN=Cc2cccs2)c2ccccc12. The topological polar surface area (TPSA) is 50.2 Å². The first kappa shape index (κ1) is 12.1. The number of nitrogens with zero attached hydrogens (tertiary/aromatic N) is 3. The second kappa shape index (κ2) is 5.34. The summed E-state index contributed by atoms with van der Waals surface area (Å²) < 4.78 is 0. The third kappa shape index (κ3) is 2.57. The van der Waals surface area contributed by atoms with Crippen LogP contribution in [0.2, 0.25) is 5.15 Å². The summed E-state index contributed by atoms with van der Waals surface area (Å²) in [6, 6.07) is 11.6. The zero-order valence-corrected chi connectivity index (χ0v) is 11.3. The lowest BCUT2D eigenvalue weighted by Crippen LogP contribution is -1.97. The van der Waals surface area contributed by atoms with Crippen molar-refractivity contribution < 1.29 is 0 Å². The predicted molar refractivity (Wildman–Crippen MR) is 80.1 cm³/mol. The first-order chi connectivity index (χ1) is 9.34. The highest BCUT2D eigenvalue weighted by molar-refractivity contribution is 7.11. The molecule has 4 nitrogen and oxygen atoms in total. The Hall–Kier alpha value is -1.98. The number of fused-ring (bicyclic) bond motifs is 1. The highest BCUT2D eigenvalue weighted by Crippen LogP contribution is 2.25. The zero-order chi connectivity index (χ0) is 13.1. The predicted octanol–water partition coefficient (Wildman–Crippen LogP) is 3.79. The van der Waals surface area contributed by atoms with E-state index in [1.807, 2.05) is 41.8 Å². The molecule has 6 heteroatoms. The van der Waals surface area contributed by atoms with Crippen LogP contribution < -0.4 is 5.43 Å². The van der Waals surface area contributed by atoms with Crippen molar-refractivity contribution in [3.8, 4) is 0 Å². The Morgan fingerprint density at radius 3 is 2.74 bits per heavy atom. The van der Waals surface area contributed by atoms with Crippen molar-refractivity contribution in [1.29, 1.82) is 0 Å². The molecule has 3 rings (SSSR count). The molecule has 94 valence electrons. The van der Waals surface area contributed by atoms with Crippen LogP contribution in [-0.4, -0.2) is 16.4 Å². The average Bonchev–Trinajstić information content (AvgIpc) is 2.95. The maximum atomic E-state index is 6.01. The van der Waals surface area contributed by atoms with E-state index in [1.165, 1.54) is 0 Å². The summed E-state index contributed by atoms with van der Waals surface area (Å²) in [5.41, 5.74) is 2.90. The molecule has 3 aromatic rings. The van der Waals surface area contributed by atoms with Gasteiger partial charge in [-0.2, -0.15) is 5.10 Å². The van der Waals surface area contributed by atoms with E-state index in [-0.39, 0.29) is 0 Å². The minimum Gasteiger partial charge on any atom is -0.259 e.